The minimum Gasteiger partial charge on any atom is -0.302 e. The van der Waals surface area contributed by atoms with Crippen molar-refractivity contribution in [2.75, 3.05) is 5.32 Å². The number of anilines is 1. The summed E-state index contributed by atoms with van der Waals surface area (Å²) in [5.41, 5.74) is 1.26. The standard InChI is InChI=1S/C15H18N2OS/c1-10(2)14(18)17-15-16-9-13(19-15)11(3)12-7-5-4-6-8-12/h4-11H,1-3H3,(H,16,17,18). The van der Waals surface area contributed by atoms with E-state index in [0.717, 1.165) is 4.88 Å². The summed E-state index contributed by atoms with van der Waals surface area (Å²) in [7, 11) is 0. The SMILES string of the molecule is CC(C)C(=O)Nc1ncc(C(C)c2ccccc2)s1. The summed E-state index contributed by atoms with van der Waals surface area (Å²) in [5, 5.41) is 3.51. The summed E-state index contributed by atoms with van der Waals surface area (Å²) in [5.74, 6) is 0.274. The van der Waals surface area contributed by atoms with Gasteiger partial charge in [0.05, 0.1) is 0 Å². The van der Waals surface area contributed by atoms with Gasteiger partial charge in [-0.25, -0.2) is 4.98 Å². The third-order valence-corrected chi connectivity index (χ3v) is 4.10. The van der Waals surface area contributed by atoms with Crippen LogP contribution in [-0.2, 0) is 4.79 Å². The molecule has 2 rings (SSSR count). The van der Waals surface area contributed by atoms with Crippen LogP contribution in [0, 0.1) is 5.92 Å². The van der Waals surface area contributed by atoms with Crippen molar-refractivity contribution in [2.24, 2.45) is 5.92 Å². The molecule has 19 heavy (non-hydrogen) atoms. The zero-order valence-electron chi connectivity index (χ0n) is 11.4. The molecule has 1 aromatic carbocycles. The van der Waals surface area contributed by atoms with Gasteiger partial charge in [0, 0.05) is 22.9 Å². The van der Waals surface area contributed by atoms with Crippen LogP contribution in [0.3, 0.4) is 0 Å². The zero-order valence-corrected chi connectivity index (χ0v) is 12.2. The van der Waals surface area contributed by atoms with Gasteiger partial charge >= 0.3 is 0 Å². The molecule has 3 nitrogen and oxygen atoms in total. The van der Waals surface area contributed by atoms with Crippen molar-refractivity contribution >= 4 is 22.4 Å². The lowest BCUT2D eigenvalue weighted by atomic mass is 10.0. The summed E-state index contributed by atoms with van der Waals surface area (Å²) < 4.78 is 0. The first-order chi connectivity index (χ1) is 9.08. The van der Waals surface area contributed by atoms with Gasteiger partial charge in [0.1, 0.15) is 0 Å². The predicted octanol–water partition coefficient (Wildman–Crippen LogP) is 3.89. The van der Waals surface area contributed by atoms with E-state index in [1.54, 1.807) is 0 Å². The topological polar surface area (TPSA) is 42.0 Å². The molecule has 0 aliphatic carbocycles. The van der Waals surface area contributed by atoms with Crippen molar-refractivity contribution in [1.82, 2.24) is 4.98 Å². The van der Waals surface area contributed by atoms with Crippen LogP contribution in [0.25, 0.3) is 0 Å². The van der Waals surface area contributed by atoms with Gasteiger partial charge in [-0.05, 0) is 5.56 Å². The van der Waals surface area contributed by atoms with Crippen molar-refractivity contribution in [2.45, 2.75) is 26.7 Å². The molecule has 0 fully saturated rings. The van der Waals surface area contributed by atoms with Crippen molar-refractivity contribution in [3.05, 3.63) is 47.0 Å². The van der Waals surface area contributed by atoms with Crippen molar-refractivity contribution in [3.8, 4) is 0 Å². The van der Waals surface area contributed by atoms with Crippen LogP contribution in [0.2, 0.25) is 0 Å². The van der Waals surface area contributed by atoms with Crippen LogP contribution >= 0.6 is 11.3 Å². The highest BCUT2D eigenvalue weighted by atomic mass is 32.1. The number of rotatable bonds is 4. The highest BCUT2D eigenvalue weighted by Gasteiger charge is 2.14. The molecule has 100 valence electrons. The predicted molar refractivity (Wildman–Crippen MR) is 79.5 cm³/mol. The number of amides is 1. The summed E-state index contributed by atoms with van der Waals surface area (Å²) in [6, 6.07) is 10.3. The smallest absolute Gasteiger partial charge is 0.228 e. The average Bonchev–Trinajstić information content (AvgIpc) is 2.87. The fraction of sp³-hybridized carbons (Fsp3) is 0.333. The maximum absolute atomic E-state index is 11.6. The third kappa shape index (κ3) is 3.41. The minimum absolute atomic E-state index is 0.00765. The van der Waals surface area contributed by atoms with E-state index in [-0.39, 0.29) is 11.8 Å². The fourth-order valence-electron chi connectivity index (χ4n) is 1.70. The molecule has 2 aromatic rings. The first-order valence-electron chi connectivity index (χ1n) is 6.39. The largest absolute Gasteiger partial charge is 0.302 e. The summed E-state index contributed by atoms with van der Waals surface area (Å²) >= 11 is 1.54. The second kappa shape index (κ2) is 5.97. The Morgan fingerprint density at radius 1 is 1.21 bits per heavy atom. The number of benzene rings is 1. The molecule has 1 amide bonds. The summed E-state index contributed by atoms with van der Waals surface area (Å²) in [4.78, 5) is 17.0. The van der Waals surface area contributed by atoms with Gasteiger partial charge in [-0.15, -0.1) is 11.3 Å². The Morgan fingerprint density at radius 2 is 1.89 bits per heavy atom. The monoisotopic (exact) mass is 274 g/mol. The van der Waals surface area contributed by atoms with E-state index >= 15 is 0 Å². The van der Waals surface area contributed by atoms with Gasteiger partial charge in [-0.2, -0.15) is 0 Å². The van der Waals surface area contributed by atoms with E-state index in [2.05, 4.69) is 29.4 Å². The van der Waals surface area contributed by atoms with Crippen molar-refractivity contribution in [1.29, 1.82) is 0 Å². The Hall–Kier alpha value is -1.68. The van der Waals surface area contributed by atoms with Crippen LogP contribution in [0.5, 0.6) is 0 Å². The Labute approximate surface area is 117 Å². The van der Waals surface area contributed by atoms with Gasteiger partial charge in [-0.1, -0.05) is 51.1 Å². The Bertz CT molecular complexity index is 548. The Balaban J connectivity index is 2.11. The maximum Gasteiger partial charge on any atom is 0.228 e. The molecule has 0 aliphatic heterocycles. The maximum atomic E-state index is 11.6. The van der Waals surface area contributed by atoms with Gasteiger partial charge in [0.15, 0.2) is 5.13 Å². The molecule has 1 aromatic heterocycles. The van der Waals surface area contributed by atoms with Gasteiger partial charge < -0.3 is 5.32 Å². The second-order valence-corrected chi connectivity index (χ2v) is 5.91. The number of hydrogen-bond acceptors (Lipinski definition) is 3. The molecular formula is C15H18N2OS. The number of hydrogen-bond donors (Lipinski definition) is 1. The third-order valence-electron chi connectivity index (χ3n) is 3.00. The highest BCUT2D eigenvalue weighted by molar-refractivity contribution is 7.15. The summed E-state index contributed by atoms with van der Waals surface area (Å²) in [6.07, 6.45) is 1.85. The zero-order chi connectivity index (χ0) is 13.8. The van der Waals surface area contributed by atoms with Crippen LogP contribution < -0.4 is 5.32 Å². The number of nitrogens with one attached hydrogen (secondary N) is 1. The average molecular weight is 274 g/mol. The molecular weight excluding hydrogens is 256 g/mol. The van der Waals surface area contributed by atoms with E-state index in [9.17, 15) is 4.79 Å². The molecule has 0 saturated heterocycles. The molecule has 1 unspecified atom stereocenters. The molecule has 0 spiro atoms. The number of carbonyl (C=O) groups is 1. The lowest BCUT2D eigenvalue weighted by Gasteiger charge is -2.08. The molecule has 0 aliphatic rings. The molecule has 1 heterocycles. The van der Waals surface area contributed by atoms with Crippen LogP contribution in [-0.4, -0.2) is 10.9 Å². The van der Waals surface area contributed by atoms with E-state index in [1.807, 2.05) is 38.2 Å². The molecule has 1 N–H and O–H groups in total. The number of thiazole rings is 1. The van der Waals surface area contributed by atoms with E-state index in [1.165, 1.54) is 16.9 Å². The van der Waals surface area contributed by atoms with Gasteiger partial charge in [-0.3, -0.25) is 4.79 Å². The van der Waals surface area contributed by atoms with E-state index < -0.39 is 0 Å². The lowest BCUT2D eigenvalue weighted by molar-refractivity contribution is -0.118. The molecule has 4 heteroatoms. The van der Waals surface area contributed by atoms with Crippen molar-refractivity contribution < 1.29 is 4.79 Å². The number of carbonyl (C=O) groups excluding carboxylic acids is 1. The molecule has 0 bridgehead atoms. The van der Waals surface area contributed by atoms with E-state index in [0.29, 0.717) is 11.0 Å². The van der Waals surface area contributed by atoms with Crippen LogP contribution in [0.15, 0.2) is 36.5 Å². The highest BCUT2D eigenvalue weighted by Crippen LogP contribution is 2.30. The van der Waals surface area contributed by atoms with Gasteiger partial charge in [0.25, 0.3) is 0 Å². The first-order valence-corrected chi connectivity index (χ1v) is 7.21. The lowest BCUT2D eigenvalue weighted by Crippen LogP contribution is -2.17. The van der Waals surface area contributed by atoms with Crippen LogP contribution in [0.1, 0.15) is 37.1 Å². The molecule has 1 atom stereocenters. The molecule has 0 radical (unpaired) electrons. The minimum atomic E-state index is -0.0288. The van der Waals surface area contributed by atoms with Crippen LogP contribution in [0.4, 0.5) is 5.13 Å². The van der Waals surface area contributed by atoms with Gasteiger partial charge in [0.2, 0.25) is 5.91 Å². The molecule has 0 saturated carbocycles. The summed E-state index contributed by atoms with van der Waals surface area (Å²) in [6.45, 7) is 5.89. The fourth-order valence-corrected chi connectivity index (χ4v) is 2.60. The Morgan fingerprint density at radius 3 is 2.53 bits per heavy atom. The normalized spacial score (nSPS) is 12.4. The number of nitrogens with zero attached hydrogens (tertiary/aromatic N) is 1. The number of aromatic nitrogens is 1. The quantitative estimate of drug-likeness (QED) is 0.919. The van der Waals surface area contributed by atoms with E-state index in [4.69, 9.17) is 0 Å². The second-order valence-electron chi connectivity index (χ2n) is 4.84. The Kier molecular flexibility index (Phi) is 4.32. The first kappa shape index (κ1) is 13.7. The van der Waals surface area contributed by atoms with Crippen molar-refractivity contribution in [3.63, 3.8) is 0 Å².